The van der Waals surface area contributed by atoms with Crippen LogP contribution in [0.2, 0.25) is 0 Å². The SMILES string of the molecule is O=C(N[C@@H]1CCN(Cc2ccccc2)C1)c1ccc(Nc2ncc(-c3cn[nH]c3)n3ncnc23)cc1. The summed E-state index contributed by atoms with van der Waals surface area (Å²) in [4.78, 5) is 24.1. The zero-order chi connectivity index (χ0) is 24.3. The first-order valence-corrected chi connectivity index (χ1v) is 11.8. The Labute approximate surface area is 207 Å². The van der Waals surface area contributed by atoms with Crippen LogP contribution in [-0.2, 0) is 6.54 Å². The van der Waals surface area contributed by atoms with Gasteiger partial charge in [0.15, 0.2) is 11.5 Å². The highest BCUT2D eigenvalue weighted by atomic mass is 16.1. The third kappa shape index (κ3) is 4.53. The van der Waals surface area contributed by atoms with E-state index < -0.39 is 0 Å². The van der Waals surface area contributed by atoms with Crippen molar-refractivity contribution in [3.8, 4) is 11.3 Å². The number of carbonyl (C=O) groups is 1. The number of aromatic nitrogens is 6. The van der Waals surface area contributed by atoms with Gasteiger partial charge in [0.2, 0.25) is 0 Å². The molecule has 0 saturated carbocycles. The molecule has 0 spiro atoms. The Balaban J connectivity index is 1.09. The summed E-state index contributed by atoms with van der Waals surface area (Å²) in [5.74, 6) is 0.511. The third-order valence-electron chi connectivity index (χ3n) is 6.36. The first-order chi connectivity index (χ1) is 17.7. The number of amides is 1. The highest BCUT2D eigenvalue weighted by Crippen LogP contribution is 2.24. The van der Waals surface area contributed by atoms with Gasteiger partial charge in [0.05, 0.1) is 18.1 Å². The van der Waals surface area contributed by atoms with Crippen molar-refractivity contribution < 1.29 is 4.79 Å². The van der Waals surface area contributed by atoms with E-state index in [0.29, 0.717) is 17.0 Å². The second kappa shape index (κ2) is 9.59. The van der Waals surface area contributed by atoms with Crippen molar-refractivity contribution in [3.63, 3.8) is 0 Å². The monoisotopic (exact) mass is 479 g/mol. The Kier molecular flexibility index (Phi) is 5.84. The van der Waals surface area contributed by atoms with Crippen LogP contribution in [0.3, 0.4) is 0 Å². The molecule has 1 amide bonds. The van der Waals surface area contributed by atoms with E-state index in [1.165, 1.54) is 11.9 Å². The van der Waals surface area contributed by atoms with Crippen molar-refractivity contribution >= 4 is 23.1 Å². The molecule has 10 nitrogen and oxygen atoms in total. The molecule has 3 aromatic heterocycles. The van der Waals surface area contributed by atoms with Crippen molar-refractivity contribution in [1.82, 2.24) is 40.0 Å². The maximum atomic E-state index is 12.8. The average molecular weight is 480 g/mol. The van der Waals surface area contributed by atoms with Crippen LogP contribution in [0.25, 0.3) is 16.9 Å². The molecule has 4 heterocycles. The van der Waals surface area contributed by atoms with Gasteiger partial charge in [0, 0.05) is 48.7 Å². The molecule has 1 saturated heterocycles. The van der Waals surface area contributed by atoms with E-state index in [1.807, 2.05) is 30.3 Å². The largest absolute Gasteiger partial charge is 0.348 e. The highest BCUT2D eigenvalue weighted by Gasteiger charge is 2.24. The predicted octanol–water partition coefficient (Wildman–Crippen LogP) is 3.26. The zero-order valence-corrected chi connectivity index (χ0v) is 19.5. The fourth-order valence-corrected chi connectivity index (χ4v) is 4.54. The lowest BCUT2D eigenvalue weighted by Gasteiger charge is -2.17. The number of likely N-dealkylation sites (tertiary alicyclic amines) is 1. The summed E-state index contributed by atoms with van der Waals surface area (Å²) in [5.41, 5.74) is 4.96. The number of benzene rings is 2. The molecule has 0 aliphatic carbocycles. The molecule has 0 radical (unpaired) electrons. The summed E-state index contributed by atoms with van der Waals surface area (Å²) in [6.07, 6.45) is 7.65. The van der Waals surface area contributed by atoms with Gasteiger partial charge in [-0.05, 0) is 36.2 Å². The lowest BCUT2D eigenvalue weighted by atomic mass is 10.1. The number of nitrogens with one attached hydrogen (secondary N) is 3. The molecule has 5 aromatic rings. The van der Waals surface area contributed by atoms with E-state index in [2.05, 4.69) is 65.1 Å². The Morgan fingerprint density at radius 3 is 2.72 bits per heavy atom. The topological polar surface area (TPSA) is 116 Å². The van der Waals surface area contributed by atoms with Gasteiger partial charge in [0.1, 0.15) is 6.33 Å². The zero-order valence-electron chi connectivity index (χ0n) is 19.5. The molecule has 1 aliphatic heterocycles. The standard InChI is InChI=1S/C26H25N9O/c36-26(33-22-10-11-34(16-22)15-18-4-2-1-3-5-18)19-6-8-21(9-7-19)32-24-25-28-17-31-35(25)23(14-27-24)20-12-29-30-13-20/h1-9,12-14,17,22H,10-11,15-16H2,(H,27,32)(H,29,30)(H,33,36)/t22-/m1/s1. The number of fused-ring (bicyclic) bond motifs is 1. The molecule has 1 fully saturated rings. The van der Waals surface area contributed by atoms with Crippen LogP contribution in [0.4, 0.5) is 11.5 Å². The fraction of sp³-hybridized carbons (Fsp3) is 0.192. The molecule has 6 rings (SSSR count). The number of H-pyrrole nitrogens is 1. The maximum absolute atomic E-state index is 12.8. The van der Waals surface area contributed by atoms with Crippen molar-refractivity contribution in [3.05, 3.63) is 90.6 Å². The Morgan fingerprint density at radius 1 is 1.06 bits per heavy atom. The molecule has 10 heteroatoms. The number of carbonyl (C=O) groups excluding carboxylic acids is 1. The van der Waals surface area contributed by atoms with Crippen LogP contribution in [0.15, 0.2) is 79.5 Å². The second-order valence-electron chi connectivity index (χ2n) is 8.86. The minimum Gasteiger partial charge on any atom is -0.348 e. The molecule has 2 aromatic carbocycles. The Hall–Kier alpha value is -4.57. The van der Waals surface area contributed by atoms with Gasteiger partial charge in [-0.15, -0.1) is 0 Å². The lowest BCUT2D eigenvalue weighted by molar-refractivity contribution is 0.0937. The van der Waals surface area contributed by atoms with Gasteiger partial charge in [-0.3, -0.25) is 14.8 Å². The van der Waals surface area contributed by atoms with Gasteiger partial charge in [-0.1, -0.05) is 30.3 Å². The number of hydrogen-bond donors (Lipinski definition) is 3. The van der Waals surface area contributed by atoms with Gasteiger partial charge in [-0.25, -0.2) is 14.5 Å². The average Bonchev–Trinajstić information content (AvgIpc) is 3.68. The summed E-state index contributed by atoms with van der Waals surface area (Å²) < 4.78 is 1.71. The maximum Gasteiger partial charge on any atom is 0.251 e. The highest BCUT2D eigenvalue weighted by molar-refractivity contribution is 5.94. The minimum absolute atomic E-state index is 0.0597. The quantitative estimate of drug-likeness (QED) is 0.328. The summed E-state index contributed by atoms with van der Waals surface area (Å²) in [5, 5.41) is 17.6. The third-order valence-corrected chi connectivity index (χ3v) is 6.36. The molecule has 180 valence electrons. The van der Waals surface area contributed by atoms with E-state index in [-0.39, 0.29) is 11.9 Å². The summed E-state index contributed by atoms with van der Waals surface area (Å²) >= 11 is 0. The van der Waals surface area contributed by atoms with Crippen LogP contribution < -0.4 is 10.6 Å². The number of nitrogens with zero attached hydrogens (tertiary/aromatic N) is 6. The normalized spacial score (nSPS) is 15.8. The molecular weight excluding hydrogens is 454 g/mol. The first-order valence-electron chi connectivity index (χ1n) is 11.8. The summed E-state index contributed by atoms with van der Waals surface area (Å²) in [6, 6.07) is 17.9. The van der Waals surface area contributed by atoms with Crippen LogP contribution in [0, 0.1) is 0 Å². The van der Waals surface area contributed by atoms with Crippen LogP contribution in [-0.4, -0.2) is 59.7 Å². The van der Waals surface area contributed by atoms with E-state index in [4.69, 9.17) is 0 Å². The molecule has 0 bridgehead atoms. The van der Waals surface area contributed by atoms with Gasteiger partial charge >= 0.3 is 0 Å². The summed E-state index contributed by atoms with van der Waals surface area (Å²) in [6.45, 7) is 2.74. The summed E-state index contributed by atoms with van der Waals surface area (Å²) in [7, 11) is 0. The van der Waals surface area contributed by atoms with Gasteiger partial charge < -0.3 is 10.6 Å². The fourth-order valence-electron chi connectivity index (χ4n) is 4.54. The molecule has 3 N–H and O–H groups in total. The van der Waals surface area contributed by atoms with Crippen LogP contribution in [0.5, 0.6) is 0 Å². The number of anilines is 2. The predicted molar refractivity (Wildman–Crippen MR) is 136 cm³/mol. The smallest absolute Gasteiger partial charge is 0.251 e. The molecule has 1 aliphatic rings. The van der Waals surface area contributed by atoms with Crippen molar-refractivity contribution in [2.24, 2.45) is 0 Å². The van der Waals surface area contributed by atoms with Crippen LogP contribution in [0.1, 0.15) is 22.3 Å². The number of aromatic amines is 1. The van der Waals surface area contributed by atoms with E-state index in [0.717, 1.165) is 43.0 Å². The molecule has 0 unspecified atom stereocenters. The first kappa shape index (κ1) is 21.9. The lowest BCUT2D eigenvalue weighted by Crippen LogP contribution is -2.36. The molecule has 1 atom stereocenters. The molecular formula is C26H25N9O. The van der Waals surface area contributed by atoms with Crippen molar-refractivity contribution in [1.29, 1.82) is 0 Å². The van der Waals surface area contributed by atoms with Gasteiger partial charge in [-0.2, -0.15) is 10.2 Å². The van der Waals surface area contributed by atoms with Gasteiger partial charge in [0.25, 0.3) is 5.91 Å². The molecule has 36 heavy (non-hydrogen) atoms. The Bertz CT molecular complexity index is 1460. The Morgan fingerprint density at radius 2 is 1.92 bits per heavy atom. The van der Waals surface area contributed by atoms with E-state index in [1.54, 1.807) is 23.1 Å². The van der Waals surface area contributed by atoms with Crippen molar-refractivity contribution in [2.75, 3.05) is 18.4 Å². The minimum atomic E-state index is -0.0597. The number of hydrogen-bond acceptors (Lipinski definition) is 7. The number of rotatable bonds is 7. The second-order valence-corrected chi connectivity index (χ2v) is 8.86. The van der Waals surface area contributed by atoms with E-state index >= 15 is 0 Å². The van der Waals surface area contributed by atoms with Crippen molar-refractivity contribution in [2.45, 2.75) is 19.0 Å². The van der Waals surface area contributed by atoms with E-state index in [9.17, 15) is 4.79 Å². The van der Waals surface area contributed by atoms with Crippen LogP contribution >= 0.6 is 0 Å².